The number of nitrogens with one attached hydrogen (secondary N) is 2. The molecule has 98 valence electrons. The maximum atomic E-state index is 11.4. The average molecular weight is 252 g/mol. The van der Waals surface area contributed by atoms with Crippen LogP contribution in [-0.4, -0.2) is 34.5 Å². The number of hydrogen-bond acceptors (Lipinski definition) is 7. The lowest BCUT2D eigenvalue weighted by molar-refractivity contribution is -0.135. The lowest BCUT2D eigenvalue weighted by Crippen LogP contribution is -2.42. The molecule has 1 atom stereocenters. The Morgan fingerprint density at radius 3 is 2.94 bits per heavy atom. The number of anilines is 1. The minimum Gasteiger partial charge on any atom is -0.461 e. The second kappa shape index (κ2) is 7.23. The summed E-state index contributed by atoms with van der Waals surface area (Å²) < 4.78 is 4.75. The largest absolute Gasteiger partial charge is 0.461 e. The van der Waals surface area contributed by atoms with Crippen LogP contribution in [-0.2, 0) is 9.53 Å². The van der Waals surface area contributed by atoms with E-state index in [4.69, 9.17) is 9.94 Å². The van der Waals surface area contributed by atoms with Crippen LogP contribution in [0.4, 0.5) is 5.82 Å². The molecule has 0 aromatic carbocycles. The van der Waals surface area contributed by atoms with Gasteiger partial charge in [-0.15, -0.1) is 0 Å². The second-order valence-electron chi connectivity index (χ2n) is 3.41. The number of carbonyl (C=O) groups is 1. The highest BCUT2D eigenvalue weighted by atomic mass is 16.5. The summed E-state index contributed by atoms with van der Waals surface area (Å²) in [5.74, 6) is -0.0756. The van der Waals surface area contributed by atoms with Crippen LogP contribution < -0.4 is 10.9 Å². The van der Waals surface area contributed by atoms with E-state index in [0.717, 1.165) is 0 Å². The van der Waals surface area contributed by atoms with E-state index < -0.39 is 12.0 Å². The molecule has 0 fully saturated rings. The van der Waals surface area contributed by atoms with Gasteiger partial charge in [0.25, 0.3) is 0 Å². The van der Waals surface area contributed by atoms with Gasteiger partial charge >= 0.3 is 5.97 Å². The summed E-state index contributed by atoms with van der Waals surface area (Å²) in [6.07, 6.45) is 1.63. The zero-order valence-electron chi connectivity index (χ0n) is 10.3. The molecule has 0 aliphatic rings. The summed E-state index contributed by atoms with van der Waals surface area (Å²) in [4.78, 5) is 15.5. The van der Waals surface area contributed by atoms with E-state index in [1.807, 2.05) is 6.07 Å². The Morgan fingerprint density at radius 1 is 1.61 bits per heavy atom. The lowest BCUT2D eigenvalue weighted by Gasteiger charge is -2.15. The number of rotatable bonds is 6. The first kappa shape index (κ1) is 13.9. The number of ether oxygens (including phenoxy) is 1. The fraction of sp³-hybridized carbons (Fsp3) is 0.364. The number of carbonyl (C=O) groups excluding carboxylic acids is 1. The summed E-state index contributed by atoms with van der Waals surface area (Å²) in [6.45, 7) is 3.55. The smallest absolute Gasteiger partial charge is 0.357 e. The van der Waals surface area contributed by atoms with Gasteiger partial charge in [-0.05, 0) is 26.0 Å². The molecule has 1 aromatic rings. The van der Waals surface area contributed by atoms with Gasteiger partial charge in [0, 0.05) is 6.20 Å². The number of hydrogen-bond donors (Lipinski definition) is 3. The highest BCUT2D eigenvalue weighted by molar-refractivity contribution is 6.38. The summed E-state index contributed by atoms with van der Waals surface area (Å²) in [5.41, 5.74) is 5.47. The first-order valence-electron chi connectivity index (χ1n) is 5.50. The number of esters is 1. The summed E-state index contributed by atoms with van der Waals surface area (Å²) in [7, 11) is 0. The summed E-state index contributed by atoms with van der Waals surface area (Å²) >= 11 is 0. The minimum absolute atomic E-state index is 0.111. The molecule has 7 heteroatoms. The Morgan fingerprint density at radius 2 is 2.39 bits per heavy atom. The Balaban J connectivity index is 2.53. The standard InChI is InChI=1S/C11H16N4O3/c1-3-18-11(16)10(15-17)8(2)13-14-9-6-4-5-7-12-9/h4-8,13,17H,3H2,1-2H3,(H,12,14)/b15-10+. The molecule has 0 saturated carbocycles. The predicted octanol–water partition coefficient (Wildman–Crippen LogP) is 0.780. The molecule has 0 spiro atoms. The van der Waals surface area contributed by atoms with Crippen molar-refractivity contribution in [3.05, 3.63) is 24.4 Å². The molecule has 0 bridgehead atoms. The van der Waals surface area contributed by atoms with E-state index in [0.29, 0.717) is 5.82 Å². The van der Waals surface area contributed by atoms with Crippen molar-refractivity contribution in [2.75, 3.05) is 12.0 Å². The van der Waals surface area contributed by atoms with Crippen molar-refractivity contribution in [2.24, 2.45) is 5.16 Å². The molecule has 7 nitrogen and oxygen atoms in total. The van der Waals surface area contributed by atoms with Crippen LogP contribution in [0.5, 0.6) is 0 Å². The molecule has 0 aliphatic heterocycles. The zero-order chi connectivity index (χ0) is 13.4. The number of hydrazine groups is 1. The van der Waals surface area contributed by atoms with Gasteiger partial charge in [0.05, 0.1) is 12.6 Å². The first-order valence-corrected chi connectivity index (χ1v) is 5.50. The van der Waals surface area contributed by atoms with E-state index in [-0.39, 0.29) is 12.3 Å². The quantitative estimate of drug-likeness (QED) is 0.300. The molecule has 1 heterocycles. The van der Waals surface area contributed by atoms with Crippen LogP contribution in [0.15, 0.2) is 29.6 Å². The van der Waals surface area contributed by atoms with Gasteiger partial charge in [-0.25, -0.2) is 15.2 Å². The predicted molar refractivity (Wildman–Crippen MR) is 66.3 cm³/mol. The Kier molecular flexibility index (Phi) is 5.59. The highest BCUT2D eigenvalue weighted by Gasteiger charge is 2.20. The normalized spacial score (nSPS) is 12.9. The molecule has 0 radical (unpaired) electrons. The van der Waals surface area contributed by atoms with Gasteiger partial charge in [-0.3, -0.25) is 0 Å². The van der Waals surface area contributed by atoms with Gasteiger partial charge < -0.3 is 15.4 Å². The van der Waals surface area contributed by atoms with Gasteiger partial charge in [-0.2, -0.15) is 0 Å². The third-order valence-corrected chi connectivity index (χ3v) is 2.08. The Labute approximate surface area is 105 Å². The van der Waals surface area contributed by atoms with Crippen molar-refractivity contribution >= 4 is 17.5 Å². The molecule has 1 unspecified atom stereocenters. The van der Waals surface area contributed by atoms with E-state index in [1.54, 1.807) is 32.2 Å². The van der Waals surface area contributed by atoms with Crippen LogP contribution in [0.2, 0.25) is 0 Å². The van der Waals surface area contributed by atoms with Crippen LogP contribution in [0, 0.1) is 0 Å². The van der Waals surface area contributed by atoms with Gasteiger partial charge in [-0.1, -0.05) is 11.2 Å². The molecule has 18 heavy (non-hydrogen) atoms. The van der Waals surface area contributed by atoms with Crippen molar-refractivity contribution in [1.29, 1.82) is 0 Å². The van der Waals surface area contributed by atoms with Crippen LogP contribution >= 0.6 is 0 Å². The van der Waals surface area contributed by atoms with Crippen molar-refractivity contribution in [3.8, 4) is 0 Å². The van der Waals surface area contributed by atoms with Gasteiger partial charge in [0.15, 0.2) is 5.71 Å². The molecule has 0 aliphatic carbocycles. The van der Waals surface area contributed by atoms with E-state index in [9.17, 15) is 4.79 Å². The average Bonchev–Trinajstić information content (AvgIpc) is 2.39. The summed E-state index contributed by atoms with van der Waals surface area (Å²) in [5, 5.41) is 11.7. The maximum absolute atomic E-state index is 11.4. The van der Waals surface area contributed by atoms with Gasteiger partial charge in [0.1, 0.15) is 5.82 Å². The number of nitrogens with zero attached hydrogens (tertiary/aromatic N) is 2. The molecule has 1 aromatic heterocycles. The van der Waals surface area contributed by atoms with Gasteiger partial charge in [0.2, 0.25) is 0 Å². The van der Waals surface area contributed by atoms with Crippen molar-refractivity contribution in [3.63, 3.8) is 0 Å². The SMILES string of the molecule is CCOC(=O)/C(=N/O)C(C)NNc1ccccn1. The molecule has 3 N–H and O–H groups in total. The zero-order valence-corrected chi connectivity index (χ0v) is 10.3. The first-order chi connectivity index (χ1) is 8.69. The molecule has 1 rings (SSSR count). The molecule has 0 amide bonds. The van der Waals surface area contributed by atoms with E-state index in [1.165, 1.54) is 0 Å². The topological polar surface area (TPSA) is 95.8 Å². The maximum Gasteiger partial charge on any atom is 0.357 e. The lowest BCUT2D eigenvalue weighted by atomic mass is 10.2. The van der Waals surface area contributed by atoms with Crippen molar-refractivity contribution in [2.45, 2.75) is 19.9 Å². The van der Waals surface area contributed by atoms with Crippen LogP contribution in [0.3, 0.4) is 0 Å². The van der Waals surface area contributed by atoms with E-state index in [2.05, 4.69) is 21.0 Å². The fourth-order valence-corrected chi connectivity index (χ4v) is 1.20. The van der Waals surface area contributed by atoms with Crippen molar-refractivity contribution < 1.29 is 14.7 Å². The monoisotopic (exact) mass is 252 g/mol. The molecule has 0 saturated heterocycles. The number of aromatic nitrogens is 1. The van der Waals surface area contributed by atoms with Crippen LogP contribution in [0.25, 0.3) is 0 Å². The van der Waals surface area contributed by atoms with Crippen LogP contribution in [0.1, 0.15) is 13.8 Å². The Hall–Kier alpha value is -2.15. The third kappa shape index (κ3) is 4.02. The fourth-order valence-electron chi connectivity index (χ4n) is 1.20. The number of oxime groups is 1. The number of pyridine rings is 1. The van der Waals surface area contributed by atoms with Crippen molar-refractivity contribution in [1.82, 2.24) is 10.4 Å². The Bertz CT molecular complexity index is 408. The second-order valence-corrected chi connectivity index (χ2v) is 3.41. The minimum atomic E-state index is -0.664. The highest BCUT2D eigenvalue weighted by Crippen LogP contribution is 1.99. The van der Waals surface area contributed by atoms with E-state index >= 15 is 0 Å². The molecular formula is C11H16N4O3. The molecular weight excluding hydrogens is 236 g/mol. The third-order valence-electron chi connectivity index (χ3n) is 2.08. The summed E-state index contributed by atoms with van der Waals surface area (Å²) in [6, 6.07) is 4.82.